The van der Waals surface area contributed by atoms with Gasteiger partial charge in [0.15, 0.2) is 11.5 Å². The van der Waals surface area contributed by atoms with Crippen molar-refractivity contribution >= 4 is 37.2 Å². The molecule has 0 N–H and O–H groups in total. The first kappa shape index (κ1) is 26.2. The molecule has 1 saturated heterocycles. The zero-order chi connectivity index (χ0) is 19.5. The summed E-state index contributed by atoms with van der Waals surface area (Å²) < 4.78 is 16.8. The molecular formula is C20H35I2NO3. The van der Waals surface area contributed by atoms with Crippen LogP contribution in [-0.4, -0.2) is 52.0 Å². The first-order valence-corrected chi connectivity index (χ1v) is 14.5. The molecule has 0 aromatic heterocycles. The second-order valence-electron chi connectivity index (χ2n) is 7.62. The highest BCUT2D eigenvalue weighted by Gasteiger charge is 2.59. The van der Waals surface area contributed by atoms with Gasteiger partial charge in [-0.3, -0.25) is 0 Å². The second kappa shape index (κ2) is 10.1. The number of rotatable bonds is 5. The summed E-state index contributed by atoms with van der Waals surface area (Å²) in [5.74, 6) is 1.54. The molecule has 1 aliphatic rings. The minimum atomic E-state index is -0.250. The topological polar surface area (TPSA) is 30.9 Å². The van der Waals surface area contributed by atoms with E-state index in [2.05, 4.69) is 89.0 Å². The Balaban J connectivity index is 0.00000201. The van der Waals surface area contributed by atoms with Crippen molar-refractivity contribution in [1.29, 1.82) is 0 Å². The van der Waals surface area contributed by atoms with Crippen LogP contribution in [0.15, 0.2) is 18.2 Å². The zero-order valence-corrected chi connectivity index (χ0v) is 20.9. The van der Waals surface area contributed by atoms with E-state index in [1.165, 1.54) is 5.56 Å². The van der Waals surface area contributed by atoms with Gasteiger partial charge in [-0.25, -0.2) is 0 Å². The summed E-state index contributed by atoms with van der Waals surface area (Å²) >= 11 is 4.24. The van der Waals surface area contributed by atoms with Crippen molar-refractivity contribution in [2.45, 2.75) is 46.1 Å². The molecule has 1 fully saturated rings. The van der Waals surface area contributed by atoms with E-state index in [1.54, 1.807) is 21.3 Å². The highest BCUT2D eigenvalue weighted by Crippen LogP contribution is 2.55. The van der Waals surface area contributed by atoms with Crippen LogP contribution in [0.4, 0.5) is 0 Å². The van der Waals surface area contributed by atoms with Gasteiger partial charge in [0.2, 0.25) is 0 Å². The molecule has 0 aliphatic carbocycles. The number of hydrogen-bond acceptors (Lipinski definition) is 4. The Kier molecular flexibility index (Phi) is 10.2. The van der Waals surface area contributed by atoms with Gasteiger partial charge in [0.1, 0.15) is 0 Å². The van der Waals surface area contributed by atoms with Gasteiger partial charge in [0, 0.05) is 68.3 Å². The Hall–Kier alpha value is 0.200. The molecule has 1 aromatic carbocycles. The first-order valence-electron chi connectivity index (χ1n) is 8.25. The molecular weight excluding hydrogens is 556 g/mol. The summed E-state index contributed by atoms with van der Waals surface area (Å²) in [5, 5.41) is 0. The lowest BCUT2D eigenvalue weighted by Crippen LogP contribution is -2.55. The Labute approximate surface area is 183 Å². The first-order chi connectivity index (χ1) is 11.6. The van der Waals surface area contributed by atoms with Gasteiger partial charge < -0.3 is 19.1 Å². The van der Waals surface area contributed by atoms with Crippen molar-refractivity contribution in [3.63, 3.8) is 0 Å². The average molecular weight is 591 g/mol. The fourth-order valence-electron chi connectivity index (χ4n) is 4.15. The monoisotopic (exact) mass is 591 g/mol. The SMILES string of the molecule is C.COc1ccc(C2(C)CN(C)CC2(C)C(C)(C)OC)cc1OC.II. The van der Waals surface area contributed by atoms with Crippen LogP contribution in [0.5, 0.6) is 11.5 Å². The maximum atomic E-state index is 5.91. The summed E-state index contributed by atoms with van der Waals surface area (Å²) in [6.45, 7) is 11.0. The Bertz CT molecular complexity index is 582. The summed E-state index contributed by atoms with van der Waals surface area (Å²) in [7, 11) is 7.33. The van der Waals surface area contributed by atoms with Crippen LogP contribution in [-0.2, 0) is 10.2 Å². The van der Waals surface area contributed by atoms with Crippen molar-refractivity contribution < 1.29 is 14.2 Å². The van der Waals surface area contributed by atoms with Crippen molar-refractivity contribution in [1.82, 2.24) is 4.90 Å². The van der Waals surface area contributed by atoms with E-state index < -0.39 is 0 Å². The van der Waals surface area contributed by atoms with Crippen molar-refractivity contribution in [2.24, 2.45) is 5.41 Å². The van der Waals surface area contributed by atoms with Crippen LogP contribution < -0.4 is 9.47 Å². The van der Waals surface area contributed by atoms with Crippen molar-refractivity contribution in [3.8, 4) is 11.5 Å². The summed E-state index contributed by atoms with van der Waals surface area (Å²) in [4.78, 5) is 2.39. The average Bonchev–Trinajstić information content (AvgIpc) is 2.86. The van der Waals surface area contributed by atoms with E-state index in [4.69, 9.17) is 14.2 Å². The second-order valence-corrected chi connectivity index (χ2v) is 7.62. The minimum absolute atomic E-state index is 0. The predicted molar refractivity (Wildman–Crippen MR) is 128 cm³/mol. The maximum Gasteiger partial charge on any atom is 0.161 e. The number of hydrogen-bond donors (Lipinski definition) is 0. The quantitative estimate of drug-likeness (QED) is 0.409. The molecule has 4 nitrogen and oxygen atoms in total. The number of benzene rings is 1. The fourth-order valence-corrected chi connectivity index (χ4v) is 4.15. The lowest BCUT2D eigenvalue weighted by Gasteiger charge is -2.50. The lowest BCUT2D eigenvalue weighted by molar-refractivity contribution is -0.0979. The molecule has 2 atom stereocenters. The van der Waals surface area contributed by atoms with Gasteiger partial charge in [-0.15, -0.1) is 0 Å². The van der Waals surface area contributed by atoms with Gasteiger partial charge in [-0.1, -0.05) is 27.3 Å². The molecule has 2 rings (SSSR count). The molecule has 152 valence electrons. The molecule has 6 heteroatoms. The number of nitrogens with zero attached hydrogens (tertiary/aromatic N) is 1. The fraction of sp³-hybridized carbons (Fsp3) is 0.700. The van der Waals surface area contributed by atoms with Crippen molar-refractivity contribution in [2.75, 3.05) is 41.5 Å². The minimum Gasteiger partial charge on any atom is -0.493 e. The number of likely N-dealkylation sites (N-methyl/N-ethyl adjacent to an activating group) is 1. The smallest absolute Gasteiger partial charge is 0.161 e. The Morgan fingerprint density at radius 2 is 1.54 bits per heavy atom. The van der Waals surface area contributed by atoms with E-state index in [0.29, 0.717) is 0 Å². The maximum absolute atomic E-state index is 5.91. The normalized spacial score (nSPS) is 25.8. The zero-order valence-electron chi connectivity index (χ0n) is 16.6. The Morgan fingerprint density at radius 1 is 1.00 bits per heavy atom. The molecule has 0 bridgehead atoms. The number of methoxy groups -OCH3 is 3. The van der Waals surface area contributed by atoms with Gasteiger partial charge in [-0.2, -0.15) is 0 Å². The number of halogens is 2. The van der Waals surface area contributed by atoms with E-state index in [1.807, 2.05) is 6.07 Å². The molecule has 1 aliphatic heterocycles. The summed E-state index contributed by atoms with van der Waals surface area (Å²) in [5.41, 5.74) is 0.913. The van der Waals surface area contributed by atoms with Gasteiger partial charge in [0.05, 0.1) is 19.8 Å². The molecule has 1 heterocycles. The lowest BCUT2D eigenvalue weighted by atomic mass is 9.57. The third-order valence-corrected chi connectivity index (χ3v) is 6.25. The van der Waals surface area contributed by atoms with Gasteiger partial charge in [-0.05, 0) is 38.6 Å². The molecule has 26 heavy (non-hydrogen) atoms. The molecule has 2 unspecified atom stereocenters. The van der Waals surface area contributed by atoms with E-state index >= 15 is 0 Å². The highest BCUT2D eigenvalue weighted by atomic mass is 128. The van der Waals surface area contributed by atoms with Crippen LogP contribution in [0, 0.1) is 5.41 Å². The molecule has 0 amide bonds. The third-order valence-electron chi connectivity index (χ3n) is 6.25. The molecule has 0 radical (unpaired) electrons. The van der Waals surface area contributed by atoms with Crippen LogP contribution in [0.2, 0.25) is 0 Å². The number of ether oxygens (including phenoxy) is 3. The highest BCUT2D eigenvalue weighted by molar-refractivity contribution is 15.0. The standard InChI is InChI=1S/C19H31NO3.CH4.I2/c1-17(2,23-8)19(4)13-20(5)12-18(19,3)14-9-10-15(21-6)16(11-14)22-7;;1-2/h9-11H,12-13H2,1-8H3;1H4;. The van der Waals surface area contributed by atoms with Crippen LogP contribution >= 0.6 is 37.2 Å². The Morgan fingerprint density at radius 3 is 2.00 bits per heavy atom. The number of likely N-dealkylation sites (tertiary alicyclic amines) is 1. The molecule has 0 spiro atoms. The van der Waals surface area contributed by atoms with E-state index in [-0.39, 0.29) is 23.9 Å². The van der Waals surface area contributed by atoms with Gasteiger partial charge in [0.25, 0.3) is 0 Å². The molecule has 0 saturated carbocycles. The van der Waals surface area contributed by atoms with Gasteiger partial charge >= 0.3 is 0 Å². The van der Waals surface area contributed by atoms with Crippen LogP contribution in [0.3, 0.4) is 0 Å². The summed E-state index contributed by atoms with van der Waals surface area (Å²) in [6.07, 6.45) is 0. The third kappa shape index (κ3) is 4.43. The van der Waals surface area contributed by atoms with E-state index in [0.717, 1.165) is 24.6 Å². The van der Waals surface area contributed by atoms with Crippen LogP contribution in [0.25, 0.3) is 0 Å². The van der Waals surface area contributed by atoms with E-state index in [9.17, 15) is 0 Å². The summed E-state index contributed by atoms with van der Waals surface area (Å²) in [6, 6.07) is 6.27. The van der Waals surface area contributed by atoms with Crippen LogP contribution in [0.1, 0.15) is 40.7 Å². The molecule has 1 aromatic rings. The predicted octanol–water partition coefficient (Wildman–Crippen LogP) is 5.75. The van der Waals surface area contributed by atoms with Crippen molar-refractivity contribution in [3.05, 3.63) is 23.8 Å². The largest absolute Gasteiger partial charge is 0.493 e.